The number of rotatable bonds is 6. The van der Waals surface area contributed by atoms with Crippen LogP contribution in [0.5, 0.6) is 5.75 Å². The van der Waals surface area contributed by atoms with Crippen molar-refractivity contribution in [2.45, 2.75) is 20.0 Å². The summed E-state index contributed by atoms with van der Waals surface area (Å²) in [6.07, 6.45) is 0.867. The second-order valence-electron chi connectivity index (χ2n) is 4.50. The molecular formula is C15H17N3O3. The van der Waals surface area contributed by atoms with E-state index in [2.05, 4.69) is 12.3 Å². The SMILES string of the molecule is CCc1ccccc1OCc1ccc(NN)c([N+](=O)[O-])c1. The number of hydrazine groups is 1. The van der Waals surface area contributed by atoms with Gasteiger partial charge >= 0.3 is 0 Å². The number of nitrogens with two attached hydrogens (primary N) is 1. The molecule has 0 spiro atoms. The summed E-state index contributed by atoms with van der Waals surface area (Å²) in [4.78, 5) is 10.5. The molecule has 6 nitrogen and oxygen atoms in total. The van der Waals surface area contributed by atoms with E-state index in [-0.39, 0.29) is 18.0 Å². The number of nitrogen functional groups attached to an aromatic ring is 1. The molecule has 0 amide bonds. The minimum atomic E-state index is -0.474. The second-order valence-corrected chi connectivity index (χ2v) is 4.50. The number of nitro benzene ring substituents is 1. The number of benzene rings is 2. The third-order valence-corrected chi connectivity index (χ3v) is 3.16. The Kier molecular flexibility index (Phi) is 4.73. The van der Waals surface area contributed by atoms with Crippen LogP contribution in [-0.2, 0) is 13.0 Å². The number of aryl methyl sites for hydroxylation is 1. The van der Waals surface area contributed by atoms with Crippen LogP contribution in [0.1, 0.15) is 18.1 Å². The Bertz CT molecular complexity index is 644. The van der Waals surface area contributed by atoms with Crippen molar-refractivity contribution >= 4 is 11.4 Å². The molecule has 2 aromatic carbocycles. The monoisotopic (exact) mass is 287 g/mol. The van der Waals surface area contributed by atoms with E-state index in [1.54, 1.807) is 12.1 Å². The van der Waals surface area contributed by atoms with E-state index in [9.17, 15) is 10.1 Å². The zero-order valence-electron chi connectivity index (χ0n) is 11.7. The van der Waals surface area contributed by atoms with Crippen molar-refractivity contribution in [3.63, 3.8) is 0 Å². The fraction of sp³-hybridized carbons (Fsp3) is 0.200. The highest BCUT2D eigenvalue weighted by atomic mass is 16.6. The number of nitrogens with zero attached hydrogens (tertiary/aromatic N) is 1. The van der Waals surface area contributed by atoms with Gasteiger partial charge in [-0.05, 0) is 29.7 Å². The smallest absolute Gasteiger partial charge is 0.294 e. The van der Waals surface area contributed by atoms with Crippen molar-refractivity contribution in [3.8, 4) is 5.75 Å². The van der Waals surface area contributed by atoms with E-state index in [0.29, 0.717) is 5.56 Å². The maximum Gasteiger partial charge on any atom is 0.294 e. The molecule has 21 heavy (non-hydrogen) atoms. The summed E-state index contributed by atoms with van der Waals surface area (Å²) in [5.74, 6) is 6.05. The number of hydrogen-bond acceptors (Lipinski definition) is 5. The average Bonchev–Trinajstić information content (AvgIpc) is 2.52. The Morgan fingerprint density at radius 1 is 1.29 bits per heavy atom. The van der Waals surface area contributed by atoms with E-state index in [1.165, 1.54) is 6.07 Å². The standard InChI is InChI=1S/C15H17N3O3/c1-2-12-5-3-4-6-15(12)21-10-11-7-8-13(17-16)14(9-11)18(19)20/h3-9,17H,2,10,16H2,1H3. The van der Waals surface area contributed by atoms with Crippen LogP contribution in [0.3, 0.4) is 0 Å². The Hall–Kier alpha value is -2.60. The van der Waals surface area contributed by atoms with Gasteiger partial charge in [-0.1, -0.05) is 31.2 Å². The summed E-state index contributed by atoms with van der Waals surface area (Å²) in [7, 11) is 0. The van der Waals surface area contributed by atoms with E-state index < -0.39 is 4.92 Å². The van der Waals surface area contributed by atoms with Crippen LogP contribution in [0.2, 0.25) is 0 Å². The number of nitro groups is 1. The number of ether oxygens (including phenoxy) is 1. The van der Waals surface area contributed by atoms with Crippen LogP contribution in [0.25, 0.3) is 0 Å². The highest BCUT2D eigenvalue weighted by Crippen LogP contribution is 2.26. The largest absolute Gasteiger partial charge is 0.489 e. The molecule has 0 aliphatic carbocycles. The van der Waals surface area contributed by atoms with Crippen LogP contribution in [0.15, 0.2) is 42.5 Å². The van der Waals surface area contributed by atoms with Gasteiger partial charge in [0.2, 0.25) is 0 Å². The molecule has 0 aliphatic heterocycles. The van der Waals surface area contributed by atoms with Gasteiger partial charge in [0, 0.05) is 6.07 Å². The van der Waals surface area contributed by atoms with Gasteiger partial charge in [-0.25, -0.2) is 0 Å². The van der Waals surface area contributed by atoms with Crippen molar-refractivity contribution in [3.05, 3.63) is 63.7 Å². The number of para-hydroxylation sites is 1. The topological polar surface area (TPSA) is 90.4 Å². The molecule has 0 aromatic heterocycles. The highest BCUT2D eigenvalue weighted by molar-refractivity contribution is 5.61. The van der Waals surface area contributed by atoms with Crippen molar-refractivity contribution in [2.24, 2.45) is 5.84 Å². The summed E-state index contributed by atoms with van der Waals surface area (Å²) >= 11 is 0. The molecule has 3 N–H and O–H groups in total. The Morgan fingerprint density at radius 3 is 2.71 bits per heavy atom. The molecule has 0 saturated heterocycles. The maximum atomic E-state index is 11.0. The van der Waals surface area contributed by atoms with Crippen LogP contribution in [0.4, 0.5) is 11.4 Å². The lowest BCUT2D eigenvalue weighted by Crippen LogP contribution is -2.09. The molecule has 0 bridgehead atoms. The number of anilines is 1. The van der Waals surface area contributed by atoms with Gasteiger partial charge < -0.3 is 10.2 Å². The lowest BCUT2D eigenvalue weighted by Gasteiger charge is -2.11. The average molecular weight is 287 g/mol. The van der Waals surface area contributed by atoms with Gasteiger partial charge in [0.1, 0.15) is 18.0 Å². The minimum Gasteiger partial charge on any atom is -0.489 e. The first-order valence-electron chi connectivity index (χ1n) is 6.60. The molecule has 110 valence electrons. The van der Waals surface area contributed by atoms with Crippen LogP contribution in [-0.4, -0.2) is 4.92 Å². The van der Waals surface area contributed by atoms with E-state index in [4.69, 9.17) is 10.6 Å². The molecule has 2 rings (SSSR count). The summed E-state index contributed by atoms with van der Waals surface area (Å²) in [6.45, 7) is 2.32. The van der Waals surface area contributed by atoms with E-state index >= 15 is 0 Å². The fourth-order valence-electron chi connectivity index (χ4n) is 2.04. The first-order valence-corrected chi connectivity index (χ1v) is 6.60. The second kappa shape index (κ2) is 6.71. The lowest BCUT2D eigenvalue weighted by molar-refractivity contribution is -0.384. The molecule has 6 heteroatoms. The normalized spacial score (nSPS) is 10.2. The molecule has 0 aliphatic rings. The Morgan fingerprint density at radius 2 is 2.05 bits per heavy atom. The first-order chi connectivity index (χ1) is 10.2. The summed E-state index contributed by atoms with van der Waals surface area (Å²) < 4.78 is 5.75. The van der Waals surface area contributed by atoms with Gasteiger partial charge in [0.25, 0.3) is 5.69 Å². The quantitative estimate of drug-likeness (QED) is 0.484. The predicted molar refractivity (Wildman–Crippen MR) is 81.1 cm³/mol. The maximum absolute atomic E-state index is 11.0. The van der Waals surface area contributed by atoms with Crippen LogP contribution in [0, 0.1) is 10.1 Å². The molecule has 0 saturated carbocycles. The van der Waals surface area contributed by atoms with Crippen molar-refractivity contribution < 1.29 is 9.66 Å². The highest BCUT2D eigenvalue weighted by Gasteiger charge is 2.14. The fourth-order valence-corrected chi connectivity index (χ4v) is 2.04. The first kappa shape index (κ1) is 14.8. The third kappa shape index (κ3) is 3.49. The molecule has 0 fully saturated rings. The summed E-state index contributed by atoms with van der Waals surface area (Å²) in [5, 5.41) is 11.0. The zero-order chi connectivity index (χ0) is 15.2. The number of hydrogen-bond donors (Lipinski definition) is 2. The number of nitrogens with one attached hydrogen (secondary N) is 1. The van der Waals surface area contributed by atoms with Gasteiger partial charge in [-0.15, -0.1) is 0 Å². The lowest BCUT2D eigenvalue weighted by atomic mass is 10.1. The van der Waals surface area contributed by atoms with Gasteiger partial charge in [-0.3, -0.25) is 16.0 Å². The Labute approximate surface area is 122 Å². The molecule has 2 aromatic rings. The predicted octanol–water partition coefficient (Wildman–Crippen LogP) is 3.02. The Balaban J connectivity index is 2.17. The molecular weight excluding hydrogens is 270 g/mol. The molecule has 0 heterocycles. The van der Waals surface area contributed by atoms with Crippen LogP contribution >= 0.6 is 0 Å². The van der Waals surface area contributed by atoms with Crippen LogP contribution < -0.4 is 16.0 Å². The van der Waals surface area contributed by atoms with Gasteiger partial charge in [0.05, 0.1) is 4.92 Å². The van der Waals surface area contributed by atoms with E-state index in [0.717, 1.165) is 17.7 Å². The zero-order valence-corrected chi connectivity index (χ0v) is 11.7. The third-order valence-electron chi connectivity index (χ3n) is 3.16. The van der Waals surface area contributed by atoms with Gasteiger partial charge in [0.15, 0.2) is 0 Å². The molecule has 0 radical (unpaired) electrons. The molecule has 0 atom stereocenters. The summed E-state index contributed by atoms with van der Waals surface area (Å²) in [6, 6.07) is 12.5. The van der Waals surface area contributed by atoms with Crippen molar-refractivity contribution in [1.82, 2.24) is 0 Å². The van der Waals surface area contributed by atoms with Crippen molar-refractivity contribution in [1.29, 1.82) is 0 Å². The molecule has 0 unspecified atom stereocenters. The van der Waals surface area contributed by atoms with Crippen molar-refractivity contribution in [2.75, 3.05) is 5.43 Å². The van der Waals surface area contributed by atoms with Gasteiger partial charge in [-0.2, -0.15) is 0 Å². The summed E-state index contributed by atoms with van der Waals surface area (Å²) in [5.41, 5.74) is 4.34. The minimum absolute atomic E-state index is 0.0672. The van der Waals surface area contributed by atoms with E-state index in [1.807, 2.05) is 24.3 Å².